The minimum atomic E-state index is -0.0426. The van der Waals surface area contributed by atoms with Crippen LogP contribution in [0.25, 0.3) is 17.0 Å². The van der Waals surface area contributed by atoms with E-state index in [0.717, 1.165) is 59.8 Å². The lowest BCUT2D eigenvalue weighted by atomic mass is 10.1. The number of pyridine rings is 1. The van der Waals surface area contributed by atoms with Crippen LogP contribution in [0, 0.1) is 0 Å². The molecule has 0 unspecified atom stereocenters. The zero-order valence-electron chi connectivity index (χ0n) is 20.2. The number of nitrogens with zero attached hydrogens (tertiary/aromatic N) is 2. The molecular formula is C30H28N2O4. The molecule has 0 spiro atoms. The van der Waals surface area contributed by atoms with E-state index in [-0.39, 0.29) is 5.78 Å². The van der Waals surface area contributed by atoms with E-state index in [9.17, 15) is 4.79 Å². The minimum absolute atomic E-state index is 0.0426. The lowest BCUT2D eigenvalue weighted by Crippen LogP contribution is -2.36. The van der Waals surface area contributed by atoms with Crippen LogP contribution in [0.15, 0.2) is 85.1 Å². The fourth-order valence-corrected chi connectivity index (χ4v) is 4.29. The maximum Gasteiger partial charge on any atom is 0.185 e. The van der Waals surface area contributed by atoms with Crippen molar-refractivity contribution in [2.24, 2.45) is 0 Å². The van der Waals surface area contributed by atoms with Gasteiger partial charge in [0.1, 0.15) is 23.6 Å². The Kier molecular flexibility index (Phi) is 7.24. The molecule has 2 heterocycles. The first-order chi connectivity index (χ1) is 17.7. The molecule has 0 atom stereocenters. The van der Waals surface area contributed by atoms with Crippen molar-refractivity contribution in [3.05, 3.63) is 102 Å². The maximum atomic E-state index is 12.8. The van der Waals surface area contributed by atoms with E-state index < -0.39 is 0 Å². The van der Waals surface area contributed by atoms with E-state index in [1.54, 1.807) is 19.4 Å². The largest absolute Gasteiger partial charge is 0.496 e. The Bertz CT molecular complexity index is 1370. The Morgan fingerprint density at radius 2 is 1.81 bits per heavy atom. The summed E-state index contributed by atoms with van der Waals surface area (Å²) in [4.78, 5) is 19.5. The monoisotopic (exact) mass is 480 g/mol. The lowest BCUT2D eigenvalue weighted by molar-refractivity contribution is 0.104. The number of rotatable bonds is 8. The summed E-state index contributed by atoms with van der Waals surface area (Å²) < 4.78 is 17.1. The average Bonchev–Trinajstić information content (AvgIpc) is 2.95. The van der Waals surface area contributed by atoms with Crippen LogP contribution in [0.2, 0.25) is 0 Å². The Morgan fingerprint density at radius 1 is 1.00 bits per heavy atom. The van der Waals surface area contributed by atoms with Gasteiger partial charge in [-0.3, -0.25) is 9.78 Å². The first kappa shape index (κ1) is 23.6. The number of fused-ring (bicyclic) bond motifs is 1. The molecule has 0 saturated carbocycles. The predicted molar refractivity (Wildman–Crippen MR) is 142 cm³/mol. The van der Waals surface area contributed by atoms with Crippen LogP contribution in [0.4, 0.5) is 5.69 Å². The van der Waals surface area contributed by atoms with Crippen molar-refractivity contribution < 1.29 is 19.0 Å². The number of anilines is 1. The van der Waals surface area contributed by atoms with E-state index in [1.807, 2.05) is 78.9 Å². The molecule has 1 aliphatic heterocycles. The molecule has 6 nitrogen and oxygen atoms in total. The van der Waals surface area contributed by atoms with E-state index in [0.29, 0.717) is 17.9 Å². The van der Waals surface area contributed by atoms with E-state index in [2.05, 4.69) is 9.88 Å². The van der Waals surface area contributed by atoms with Crippen molar-refractivity contribution in [2.75, 3.05) is 38.3 Å². The molecular weight excluding hydrogens is 452 g/mol. The standard InChI is InChI=1S/C30H28N2O4/c1-34-28-14-8-22(20-25(28)21-36-29-6-2-4-24-5-3-15-31-30(24)29)7-13-27(33)23-9-11-26(12-10-23)32-16-18-35-19-17-32/h2-15,20H,16-19,21H2,1H3/b13-7+. The highest BCUT2D eigenvalue weighted by Crippen LogP contribution is 2.27. The van der Waals surface area contributed by atoms with Crippen molar-refractivity contribution in [3.8, 4) is 11.5 Å². The molecule has 6 heteroatoms. The molecule has 1 fully saturated rings. The van der Waals surface area contributed by atoms with E-state index in [4.69, 9.17) is 14.2 Å². The molecule has 1 aromatic heterocycles. The van der Waals surface area contributed by atoms with Crippen LogP contribution in [-0.4, -0.2) is 44.2 Å². The number of hydrogen-bond acceptors (Lipinski definition) is 6. The summed E-state index contributed by atoms with van der Waals surface area (Å²) in [5, 5.41) is 1.02. The molecule has 0 bridgehead atoms. The van der Waals surface area contributed by atoms with Crippen LogP contribution in [0.5, 0.6) is 11.5 Å². The van der Waals surface area contributed by atoms with Gasteiger partial charge in [-0.25, -0.2) is 0 Å². The summed E-state index contributed by atoms with van der Waals surface area (Å²) in [5.74, 6) is 1.40. The van der Waals surface area contributed by atoms with Gasteiger partial charge in [0.05, 0.1) is 20.3 Å². The highest BCUT2D eigenvalue weighted by atomic mass is 16.5. The number of ether oxygens (including phenoxy) is 3. The lowest BCUT2D eigenvalue weighted by Gasteiger charge is -2.28. The van der Waals surface area contributed by atoms with Crippen LogP contribution >= 0.6 is 0 Å². The van der Waals surface area contributed by atoms with Crippen molar-refractivity contribution in [1.29, 1.82) is 0 Å². The maximum absolute atomic E-state index is 12.8. The Hall–Kier alpha value is -4.16. The number of aromatic nitrogens is 1. The summed E-state index contributed by atoms with van der Waals surface area (Å²) in [6.07, 6.45) is 5.18. The molecule has 182 valence electrons. The van der Waals surface area contributed by atoms with Gasteiger partial charge >= 0.3 is 0 Å². The molecule has 3 aromatic carbocycles. The van der Waals surface area contributed by atoms with Crippen LogP contribution in [-0.2, 0) is 11.3 Å². The molecule has 36 heavy (non-hydrogen) atoms. The zero-order valence-corrected chi connectivity index (χ0v) is 20.2. The number of hydrogen-bond donors (Lipinski definition) is 0. The van der Waals surface area contributed by atoms with Crippen molar-refractivity contribution in [3.63, 3.8) is 0 Å². The molecule has 0 amide bonds. The normalized spacial score (nSPS) is 13.8. The van der Waals surface area contributed by atoms with Gasteiger partial charge < -0.3 is 19.1 Å². The highest BCUT2D eigenvalue weighted by Gasteiger charge is 2.12. The van der Waals surface area contributed by atoms with Crippen molar-refractivity contribution in [1.82, 2.24) is 4.98 Å². The van der Waals surface area contributed by atoms with Gasteiger partial charge in [0.2, 0.25) is 0 Å². The Morgan fingerprint density at radius 3 is 2.61 bits per heavy atom. The smallest absolute Gasteiger partial charge is 0.185 e. The quantitative estimate of drug-likeness (QED) is 0.243. The number of ketones is 1. The molecule has 5 rings (SSSR count). The summed E-state index contributed by atoms with van der Waals surface area (Å²) in [6.45, 7) is 3.52. The summed E-state index contributed by atoms with van der Waals surface area (Å²) in [6, 6.07) is 23.3. The van der Waals surface area contributed by atoms with Gasteiger partial charge in [0.15, 0.2) is 5.78 Å². The van der Waals surface area contributed by atoms with Crippen LogP contribution in [0.3, 0.4) is 0 Å². The third-order valence-electron chi connectivity index (χ3n) is 6.24. The molecule has 0 aliphatic carbocycles. The van der Waals surface area contributed by atoms with Gasteiger partial charge in [-0.05, 0) is 60.2 Å². The van der Waals surface area contributed by atoms with Gasteiger partial charge in [-0.2, -0.15) is 0 Å². The summed E-state index contributed by atoms with van der Waals surface area (Å²) in [5.41, 5.74) is 4.36. The molecule has 0 N–H and O–H groups in total. The second-order valence-electron chi connectivity index (χ2n) is 8.54. The molecule has 0 radical (unpaired) electrons. The fourth-order valence-electron chi connectivity index (χ4n) is 4.29. The van der Waals surface area contributed by atoms with E-state index >= 15 is 0 Å². The summed E-state index contributed by atoms with van der Waals surface area (Å²) in [7, 11) is 1.64. The second kappa shape index (κ2) is 11.1. The number of carbonyl (C=O) groups is 1. The molecule has 1 aliphatic rings. The predicted octanol–water partition coefficient (Wildman–Crippen LogP) is 5.56. The van der Waals surface area contributed by atoms with Crippen LogP contribution < -0.4 is 14.4 Å². The van der Waals surface area contributed by atoms with Crippen molar-refractivity contribution >= 4 is 28.4 Å². The first-order valence-electron chi connectivity index (χ1n) is 12.0. The average molecular weight is 481 g/mol. The minimum Gasteiger partial charge on any atom is -0.496 e. The zero-order chi connectivity index (χ0) is 24.7. The number of carbonyl (C=O) groups excluding carboxylic acids is 1. The first-order valence-corrected chi connectivity index (χ1v) is 12.0. The Labute approximate surface area is 210 Å². The number of methoxy groups -OCH3 is 1. The topological polar surface area (TPSA) is 60.9 Å². The number of benzene rings is 3. The van der Waals surface area contributed by atoms with Gasteiger partial charge in [0.25, 0.3) is 0 Å². The number of allylic oxidation sites excluding steroid dienone is 1. The third-order valence-corrected chi connectivity index (χ3v) is 6.24. The van der Waals surface area contributed by atoms with Crippen molar-refractivity contribution in [2.45, 2.75) is 6.61 Å². The molecule has 1 saturated heterocycles. The number of para-hydroxylation sites is 1. The van der Waals surface area contributed by atoms with E-state index in [1.165, 1.54) is 0 Å². The highest BCUT2D eigenvalue weighted by molar-refractivity contribution is 6.07. The SMILES string of the molecule is COc1ccc(/C=C/C(=O)c2ccc(N3CCOCC3)cc2)cc1COc1cccc2cccnc12. The van der Waals surface area contributed by atoms with Crippen LogP contribution in [0.1, 0.15) is 21.5 Å². The van der Waals surface area contributed by atoms with Gasteiger partial charge in [-0.15, -0.1) is 0 Å². The molecule has 4 aromatic rings. The fraction of sp³-hybridized carbons (Fsp3) is 0.200. The number of morpholine rings is 1. The Balaban J connectivity index is 1.28. The summed E-state index contributed by atoms with van der Waals surface area (Å²) >= 11 is 0. The van der Waals surface area contributed by atoms with Gasteiger partial charge in [-0.1, -0.05) is 30.3 Å². The van der Waals surface area contributed by atoms with Gasteiger partial charge in [0, 0.05) is 41.5 Å². The third kappa shape index (κ3) is 5.39. The second-order valence-corrected chi connectivity index (χ2v) is 8.54.